The average Bonchev–Trinajstić information content (AvgIpc) is 3.09. The molecule has 2 heterocycles. The minimum absolute atomic E-state index is 0.0422. The normalized spacial score (nSPS) is 22.0. The van der Waals surface area contributed by atoms with Gasteiger partial charge in [-0.3, -0.25) is 9.69 Å². The number of carbonyl (C=O) groups is 1. The summed E-state index contributed by atoms with van der Waals surface area (Å²) in [6.45, 7) is 7.39. The van der Waals surface area contributed by atoms with Crippen LogP contribution in [0.4, 0.5) is 13.2 Å². The lowest BCUT2D eigenvalue weighted by atomic mass is 9.98. The zero-order valence-electron chi connectivity index (χ0n) is 20.6. The molecule has 0 saturated carbocycles. The van der Waals surface area contributed by atoms with Crippen LogP contribution in [0.15, 0.2) is 48.5 Å². The van der Waals surface area contributed by atoms with Gasteiger partial charge >= 0.3 is 6.18 Å². The smallest absolute Gasteiger partial charge is 0.416 e. The minimum atomic E-state index is -4.39. The van der Waals surface area contributed by atoms with Gasteiger partial charge in [-0.2, -0.15) is 13.2 Å². The number of carbonyl (C=O) groups excluding carboxylic acids is 1. The van der Waals surface area contributed by atoms with E-state index in [1.807, 2.05) is 17.0 Å². The van der Waals surface area contributed by atoms with Gasteiger partial charge in [0.2, 0.25) is 0 Å². The van der Waals surface area contributed by atoms with Gasteiger partial charge in [0.15, 0.2) is 0 Å². The Labute approximate surface area is 206 Å². The van der Waals surface area contributed by atoms with Crippen LogP contribution in [-0.4, -0.2) is 47.0 Å². The molecule has 0 N–H and O–H groups in total. The number of piperidine rings is 1. The standard InChI is InChI=1S/C28H35F3N2O2/c1-3-14-32(15-4-2)19-20-8-10-21(11-9-20)27(34)33-23-12-13-24(33)18-26(17-23)35-25-7-5-6-22(16-25)28(29,30)31/h5-11,16,23-24,26H,3-4,12-15,17-19H2,1-2H3/t23-,24-/m0/s1. The number of benzene rings is 2. The van der Waals surface area contributed by atoms with Crippen LogP contribution in [-0.2, 0) is 12.7 Å². The van der Waals surface area contributed by atoms with E-state index in [0.29, 0.717) is 18.4 Å². The number of hydrogen-bond acceptors (Lipinski definition) is 3. The van der Waals surface area contributed by atoms with Gasteiger partial charge in [-0.25, -0.2) is 0 Å². The van der Waals surface area contributed by atoms with Crippen LogP contribution in [0.1, 0.15) is 73.9 Å². The number of ether oxygens (including phenoxy) is 1. The summed E-state index contributed by atoms with van der Waals surface area (Å²) < 4.78 is 45.1. The first-order chi connectivity index (χ1) is 16.8. The van der Waals surface area contributed by atoms with E-state index in [9.17, 15) is 18.0 Å². The van der Waals surface area contributed by atoms with Crippen molar-refractivity contribution >= 4 is 5.91 Å². The second-order valence-electron chi connectivity index (χ2n) is 9.81. The molecule has 0 aromatic heterocycles. The fourth-order valence-electron chi connectivity index (χ4n) is 5.56. The Bertz CT molecular complexity index is 972. The predicted molar refractivity (Wildman–Crippen MR) is 130 cm³/mol. The number of rotatable bonds is 9. The molecule has 2 aromatic carbocycles. The third-order valence-corrected chi connectivity index (χ3v) is 7.08. The third kappa shape index (κ3) is 6.18. The highest BCUT2D eigenvalue weighted by atomic mass is 19.4. The van der Waals surface area contributed by atoms with Crippen molar-refractivity contribution in [1.29, 1.82) is 0 Å². The highest BCUT2D eigenvalue weighted by molar-refractivity contribution is 5.95. The average molecular weight is 489 g/mol. The first-order valence-corrected chi connectivity index (χ1v) is 12.8. The van der Waals surface area contributed by atoms with Crippen molar-refractivity contribution < 1.29 is 22.7 Å². The summed E-state index contributed by atoms with van der Waals surface area (Å²) in [6.07, 6.45) is 0.734. The number of alkyl halides is 3. The fourth-order valence-corrected chi connectivity index (χ4v) is 5.56. The highest BCUT2D eigenvalue weighted by Gasteiger charge is 2.44. The molecule has 2 aliphatic heterocycles. The molecule has 35 heavy (non-hydrogen) atoms. The molecule has 0 spiro atoms. The molecule has 2 fully saturated rings. The number of nitrogens with zero attached hydrogens (tertiary/aromatic N) is 2. The lowest BCUT2D eigenvalue weighted by molar-refractivity contribution is -0.137. The number of halogens is 3. The molecule has 0 aliphatic carbocycles. The van der Waals surface area contributed by atoms with Crippen molar-refractivity contribution in [2.24, 2.45) is 0 Å². The molecule has 4 nitrogen and oxygen atoms in total. The summed E-state index contributed by atoms with van der Waals surface area (Å²) in [6, 6.07) is 13.1. The van der Waals surface area contributed by atoms with E-state index in [1.165, 1.54) is 11.6 Å². The molecular weight excluding hydrogens is 453 g/mol. The molecule has 0 radical (unpaired) electrons. The summed E-state index contributed by atoms with van der Waals surface area (Å²) in [4.78, 5) is 17.8. The Hall–Kier alpha value is -2.54. The summed E-state index contributed by atoms with van der Waals surface area (Å²) in [5.74, 6) is 0.278. The Morgan fingerprint density at radius 2 is 1.63 bits per heavy atom. The monoisotopic (exact) mass is 488 g/mol. The maximum atomic E-state index is 13.4. The second kappa shape index (κ2) is 11.0. The molecule has 2 aliphatic rings. The van der Waals surface area contributed by atoms with Crippen LogP contribution < -0.4 is 4.74 Å². The Morgan fingerprint density at radius 3 is 2.20 bits per heavy atom. The van der Waals surface area contributed by atoms with Gasteiger partial charge in [-0.05, 0) is 74.7 Å². The van der Waals surface area contributed by atoms with Crippen LogP contribution in [0.3, 0.4) is 0 Å². The predicted octanol–water partition coefficient (Wildman–Crippen LogP) is 6.54. The first-order valence-electron chi connectivity index (χ1n) is 12.8. The van der Waals surface area contributed by atoms with Gasteiger partial charge in [0.1, 0.15) is 11.9 Å². The number of hydrogen-bond donors (Lipinski definition) is 0. The topological polar surface area (TPSA) is 32.8 Å². The Kier molecular flexibility index (Phi) is 8.05. The van der Waals surface area contributed by atoms with E-state index in [1.54, 1.807) is 6.07 Å². The van der Waals surface area contributed by atoms with Gasteiger partial charge < -0.3 is 9.64 Å². The van der Waals surface area contributed by atoms with E-state index in [0.717, 1.165) is 57.5 Å². The maximum absolute atomic E-state index is 13.4. The summed E-state index contributed by atoms with van der Waals surface area (Å²) in [7, 11) is 0. The molecule has 1 amide bonds. The quantitative estimate of drug-likeness (QED) is 0.402. The van der Waals surface area contributed by atoms with Gasteiger partial charge in [0, 0.05) is 37.0 Å². The first kappa shape index (κ1) is 25.5. The van der Waals surface area contributed by atoms with E-state index >= 15 is 0 Å². The third-order valence-electron chi connectivity index (χ3n) is 7.08. The highest BCUT2D eigenvalue weighted by Crippen LogP contribution is 2.39. The Morgan fingerprint density at radius 1 is 1.00 bits per heavy atom. The second-order valence-corrected chi connectivity index (χ2v) is 9.81. The molecule has 2 atom stereocenters. The van der Waals surface area contributed by atoms with Crippen molar-refractivity contribution in [3.63, 3.8) is 0 Å². The number of fused-ring (bicyclic) bond motifs is 2. The van der Waals surface area contributed by atoms with E-state index in [-0.39, 0.29) is 29.8 Å². The zero-order valence-corrected chi connectivity index (χ0v) is 20.6. The lowest BCUT2D eigenvalue weighted by Crippen LogP contribution is -2.49. The summed E-state index contributed by atoms with van der Waals surface area (Å²) in [5.41, 5.74) is 1.20. The van der Waals surface area contributed by atoms with Crippen LogP contribution in [0.25, 0.3) is 0 Å². The van der Waals surface area contributed by atoms with Crippen molar-refractivity contribution in [1.82, 2.24) is 9.80 Å². The number of amides is 1. The molecule has 4 rings (SSSR count). The van der Waals surface area contributed by atoms with Crippen molar-refractivity contribution in [3.05, 3.63) is 65.2 Å². The van der Waals surface area contributed by atoms with Crippen LogP contribution in [0.5, 0.6) is 5.75 Å². The van der Waals surface area contributed by atoms with Gasteiger partial charge in [0.05, 0.1) is 5.56 Å². The molecule has 190 valence electrons. The molecular formula is C28H35F3N2O2. The van der Waals surface area contributed by atoms with Crippen molar-refractivity contribution in [2.75, 3.05) is 13.1 Å². The Balaban J connectivity index is 1.38. The lowest BCUT2D eigenvalue weighted by Gasteiger charge is -2.39. The van der Waals surface area contributed by atoms with Crippen molar-refractivity contribution in [3.8, 4) is 5.75 Å². The minimum Gasteiger partial charge on any atom is -0.490 e. The van der Waals surface area contributed by atoms with Gasteiger partial charge in [-0.15, -0.1) is 0 Å². The summed E-state index contributed by atoms with van der Waals surface area (Å²) >= 11 is 0. The molecule has 2 aromatic rings. The summed E-state index contributed by atoms with van der Waals surface area (Å²) in [5, 5.41) is 0. The molecule has 2 bridgehead atoms. The van der Waals surface area contributed by atoms with E-state index in [4.69, 9.17) is 4.74 Å². The van der Waals surface area contributed by atoms with Crippen LogP contribution in [0.2, 0.25) is 0 Å². The SMILES string of the molecule is CCCN(CCC)Cc1ccc(C(=O)N2[C@H]3CC[C@H]2CC(Oc2cccc(C(F)(F)F)c2)C3)cc1. The largest absolute Gasteiger partial charge is 0.490 e. The van der Waals surface area contributed by atoms with Crippen molar-refractivity contribution in [2.45, 2.75) is 83.3 Å². The van der Waals surface area contributed by atoms with Crippen LogP contribution in [0, 0.1) is 0 Å². The van der Waals surface area contributed by atoms with E-state index < -0.39 is 11.7 Å². The zero-order chi connectivity index (χ0) is 25.0. The van der Waals surface area contributed by atoms with Gasteiger partial charge in [-0.1, -0.05) is 32.0 Å². The van der Waals surface area contributed by atoms with Crippen LogP contribution >= 0.6 is 0 Å². The fraction of sp³-hybridized carbons (Fsp3) is 0.536. The van der Waals surface area contributed by atoms with Gasteiger partial charge in [0.25, 0.3) is 5.91 Å². The molecule has 0 unspecified atom stereocenters. The molecule has 7 heteroatoms. The van der Waals surface area contributed by atoms with E-state index in [2.05, 4.69) is 30.9 Å². The maximum Gasteiger partial charge on any atom is 0.416 e. The molecule has 2 saturated heterocycles.